The normalized spacial score (nSPS) is 13.7. The van der Waals surface area contributed by atoms with Gasteiger partial charge < -0.3 is 24.1 Å². The molecular weight excluding hydrogens is 296 g/mol. The smallest absolute Gasteiger partial charge is 0.203 e. The maximum absolute atomic E-state index is 10.0. The second-order valence-electron chi connectivity index (χ2n) is 4.27. The van der Waals surface area contributed by atoms with Crippen LogP contribution in [-0.4, -0.2) is 33.5 Å². The number of benzene rings is 2. The molecule has 0 fully saturated rings. The van der Waals surface area contributed by atoms with Gasteiger partial charge in [0.1, 0.15) is 0 Å². The standard InChI is InChI=1S/C18H20O5/c1-20-15-8-7-12(9-14(15)19)5-6-13-10-16(21-2)18(23-4)17(11-13)22-3/h5-11,19H,1-4H3/b6-5-/i7D,8D,9D,10D,11D. The molecule has 5 heteroatoms. The van der Waals surface area contributed by atoms with Gasteiger partial charge in [-0.1, -0.05) is 18.2 Å². The van der Waals surface area contributed by atoms with E-state index < -0.39 is 11.8 Å². The average Bonchev–Trinajstić information content (AvgIpc) is 2.68. The highest BCUT2D eigenvalue weighted by molar-refractivity contribution is 5.73. The van der Waals surface area contributed by atoms with Crippen LogP contribution in [0.25, 0.3) is 12.2 Å². The Morgan fingerprint density at radius 3 is 1.87 bits per heavy atom. The first-order chi connectivity index (χ1) is 13.2. The van der Waals surface area contributed by atoms with E-state index in [0.29, 0.717) is 0 Å². The van der Waals surface area contributed by atoms with Crippen molar-refractivity contribution in [3.8, 4) is 28.7 Å². The summed E-state index contributed by atoms with van der Waals surface area (Å²) in [7, 11) is 5.30. The molecule has 1 N–H and O–H groups in total. The number of phenolic OH excluding ortho intramolecular Hbond substituents is 1. The van der Waals surface area contributed by atoms with Crippen LogP contribution in [0.1, 0.15) is 18.0 Å². The van der Waals surface area contributed by atoms with Gasteiger partial charge in [-0.15, -0.1) is 0 Å². The molecule has 0 radical (unpaired) electrons. The Labute approximate surface area is 142 Å². The van der Waals surface area contributed by atoms with Gasteiger partial charge in [0, 0.05) is 0 Å². The highest BCUT2D eigenvalue weighted by atomic mass is 16.5. The number of aromatic hydroxyl groups is 1. The largest absolute Gasteiger partial charge is 0.504 e. The molecule has 0 saturated heterocycles. The molecule has 2 aromatic rings. The van der Waals surface area contributed by atoms with E-state index in [4.69, 9.17) is 25.8 Å². The second-order valence-corrected chi connectivity index (χ2v) is 4.27. The monoisotopic (exact) mass is 321 g/mol. The number of ether oxygens (including phenoxy) is 4. The fourth-order valence-electron chi connectivity index (χ4n) is 1.85. The van der Waals surface area contributed by atoms with Gasteiger partial charge in [-0.3, -0.25) is 0 Å². The Bertz CT molecular complexity index is 883. The molecule has 0 aliphatic rings. The lowest BCUT2D eigenvalue weighted by Gasteiger charge is -2.12. The van der Waals surface area contributed by atoms with E-state index in [-0.39, 0.29) is 58.3 Å². The predicted molar refractivity (Wildman–Crippen MR) is 89.7 cm³/mol. The molecule has 0 amide bonds. The second kappa shape index (κ2) is 7.45. The fourth-order valence-corrected chi connectivity index (χ4v) is 1.85. The molecule has 0 spiro atoms. The SMILES string of the molecule is [2H]c1c([2H])c(OC)c(O)c([2H])c1/C=C\c1c([2H])c(OC)c(OC)c(OC)c1[2H]. The van der Waals surface area contributed by atoms with E-state index in [1.54, 1.807) is 0 Å². The lowest BCUT2D eigenvalue weighted by molar-refractivity contribution is 0.324. The topological polar surface area (TPSA) is 57.2 Å². The molecule has 23 heavy (non-hydrogen) atoms. The number of hydrogen-bond donors (Lipinski definition) is 1. The van der Waals surface area contributed by atoms with Crippen molar-refractivity contribution in [3.63, 3.8) is 0 Å². The Morgan fingerprint density at radius 2 is 1.35 bits per heavy atom. The number of hydrogen-bond acceptors (Lipinski definition) is 5. The van der Waals surface area contributed by atoms with E-state index in [9.17, 15) is 5.11 Å². The van der Waals surface area contributed by atoms with Crippen LogP contribution >= 0.6 is 0 Å². The summed E-state index contributed by atoms with van der Waals surface area (Å²) in [5.74, 6) is -0.598. The third-order valence-corrected chi connectivity index (χ3v) is 2.92. The molecule has 0 atom stereocenters. The van der Waals surface area contributed by atoms with Crippen molar-refractivity contribution in [1.29, 1.82) is 0 Å². The molecular formula is C18H20O5. The predicted octanol–water partition coefficient (Wildman–Crippen LogP) is 3.60. The Hall–Kier alpha value is -2.82. The summed E-state index contributed by atoms with van der Waals surface area (Å²) in [5, 5.41) is 10.0. The molecule has 0 saturated carbocycles. The zero-order valence-electron chi connectivity index (χ0n) is 18.2. The van der Waals surface area contributed by atoms with E-state index in [0.717, 1.165) is 0 Å². The fraction of sp³-hybridized carbons (Fsp3) is 0.222. The van der Waals surface area contributed by atoms with Crippen molar-refractivity contribution in [2.45, 2.75) is 0 Å². The van der Waals surface area contributed by atoms with E-state index in [1.807, 2.05) is 0 Å². The minimum absolute atomic E-state index is 0.0594. The first kappa shape index (κ1) is 10.8. The quantitative estimate of drug-likeness (QED) is 0.824. The van der Waals surface area contributed by atoms with E-state index in [1.165, 1.54) is 40.6 Å². The van der Waals surface area contributed by atoms with Crippen LogP contribution < -0.4 is 18.9 Å². The highest BCUT2D eigenvalue weighted by Gasteiger charge is 2.12. The lowest BCUT2D eigenvalue weighted by atomic mass is 10.1. The van der Waals surface area contributed by atoms with E-state index >= 15 is 0 Å². The minimum Gasteiger partial charge on any atom is -0.504 e. The molecule has 0 heterocycles. The van der Waals surface area contributed by atoms with Crippen LogP contribution in [0.4, 0.5) is 0 Å². The summed E-state index contributed by atoms with van der Waals surface area (Å²) < 4.78 is 61.0. The Morgan fingerprint density at radius 1 is 0.783 bits per heavy atom. The molecule has 2 rings (SSSR count). The molecule has 0 bridgehead atoms. The third kappa shape index (κ3) is 3.69. The van der Waals surface area contributed by atoms with Crippen molar-refractivity contribution in [3.05, 3.63) is 41.3 Å². The summed E-state index contributed by atoms with van der Waals surface area (Å²) in [6.07, 6.45) is 2.60. The van der Waals surface area contributed by atoms with Gasteiger partial charge in [0.15, 0.2) is 23.0 Å². The first-order valence-electron chi connectivity index (χ1n) is 9.08. The van der Waals surface area contributed by atoms with Crippen molar-refractivity contribution < 1.29 is 30.9 Å². The molecule has 5 nitrogen and oxygen atoms in total. The summed E-state index contributed by atoms with van der Waals surface area (Å²) in [4.78, 5) is 0. The van der Waals surface area contributed by atoms with Crippen LogP contribution in [0.5, 0.6) is 28.7 Å². The third-order valence-electron chi connectivity index (χ3n) is 2.92. The van der Waals surface area contributed by atoms with Gasteiger partial charge in [0.2, 0.25) is 5.75 Å². The summed E-state index contributed by atoms with van der Waals surface area (Å²) >= 11 is 0. The highest BCUT2D eigenvalue weighted by Crippen LogP contribution is 2.38. The summed E-state index contributed by atoms with van der Waals surface area (Å²) in [6, 6.07) is -1.41. The summed E-state index contributed by atoms with van der Waals surface area (Å²) in [6.45, 7) is 0. The van der Waals surface area contributed by atoms with Crippen LogP contribution in [-0.2, 0) is 0 Å². The number of phenols is 1. The zero-order chi connectivity index (χ0) is 21.2. The van der Waals surface area contributed by atoms with Gasteiger partial charge in [0.05, 0.1) is 35.3 Å². The van der Waals surface area contributed by atoms with Gasteiger partial charge >= 0.3 is 0 Å². The number of methoxy groups -OCH3 is 4. The maximum Gasteiger partial charge on any atom is 0.203 e. The van der Waals surface area contributed by atoms with Crippen LogP contribution in [0.2, 0.25) is 0 Å². The van der Waals surface area contributed by atoms with Crippen LogP contribution in [0.15, 0.2) is 30.2 Å². The lowest BCUT2D eigenvalue weighted by Crippen LogP contribution is -1.95. The van der Waals surface area contributed by atoms with Gasteiger partial charge in [-0.25, -0.2) is 0 Å². The molecule has 122 valence electrons. The Kier molecular flexibility index (Phi) is 3.51. The van der Waals surface area contributed by atoms with Crippen molar-refractivity contribution in [2.75, 3.05) is 28.4 Å². The molecule has 0 aliphatic heterocycles. The van der Waals surface area contributed by atoms with E-state index in [2.05, 4.69) is 0 Å². The van der Waals surface area contributed by atoms with Crippen molar-refractivity contribution in [2.24, 2.45) is 0 Å². The van der Waals surface area contributed by atoms with Gasteiger partial charge in [-0.2, -0.15) is 0 Å². The zero-order valence-corrected chi connectivity index (χ0v) is 13.2. The summed E-state index contributed by atoms with van der Waals surface area (Å²) in [5.41, 5.74) is 0.0333. The molecule has 0 unspecified atom stereocenters. The number of rotatable bonds is 6. The van der Waals surface area contributed by atoms with Crippen LogP contribution in [0, 0.1) is 0 Å². The molecule has 2 aromatic carbocycles. The van der Waals surface area contributed by atoms with Crippen molar-refractivity contribution >= 4 is 12.2 Å². The first-order valence-corrected chi connectivity index (χ1v) is 6.58. The molecule has 0 aromatic heterocycles. The average molecular weight is 321 g/mol. The van der Waals surface area contributed by atoms with Gasteiger partial charge in [-0.05, 0) is 35.3 Å². The minimum atomic E-state index is -0.565. The van der Waals surface area contributed by atoms with Crippen LogP contribution in [0.3, 0.4) is 0 Å². The van der Waals surface area contributed by atoms with Gasteiger partial charge in [0.25, 0.3) is 0 Å². The van der Waals surface area contributed by atoms with Crippen molar-refractivity contribution in [1.82, 2.24) is 0 Å². The molecule has 0 aliphatic carbocycles. The maximum atomic E-state index is 10.0. The Balaban J connectivity index is 2.72.